The molecule has 1 N–H and O–H groups in total. The fourth-order valence-electron chi connectivity index (χ4n) is 4.28. The number of carbonyl (C=O) groups excluding carboxylic acids is 1. The summed E-state index contributed by atoms with van der Waals surface area (Å²) in [5, 5.41) is 4.81. The maximum Gasteiger partial charge on any atom is 0.243 e. The lowest BCUT2D eigenvalue weighted by Gasteiger charge is -2.26. The van der Waals surface area contributed by atoms with Gasteiger partial charge in [-0.15, -0.1) is 0 Å². The van der Waals surface area contributed by atoms with Crippen LogP contribution >= 0.6 is 15.9 Å². The van der Waals surface area contributed by atoms with Crippen LogP contribution in [0.15, 0.2) is 57.9 Å². The molecular formula is C25H27BrN2O4S. The van der Waals surface area contributed by atoms with Gasteiger partial charge in [0.05, 0.1) is 18.4 Å². The van der Waals surface area contributed by atoms with Crippen molar-refractivity contribution >= 4 is 48.3 Å². The highest BCUT2D eigenvalue weighted by atomic mass is 79.9. The average molecular weight is 531 g/mol. The Bertz CT molecular complexity index is 1300. The number of hydrogen-bond acceptors (Lipinski definition) is 4. The van der Waals surface area contributed by atoms with E-state index in [0.717, 1.165) is 40.1 Å². The molecule has 0 radical (unpaired) electrons. The molecule has 0 spiro atoms. The summed E-state index contributed by atoms with van der Waals surface area (Å²) in [5.41, 5.74) is 1.91. The molecule has 0 bridgehead atoms. The number of fused-ring (bicyclic) bond motifs is 1. The van der Waals surface area contributed by atoms with Gasteiger partial charge in [-0.1, -0.05) is 40.5 Å². The number of hydrogen-bond donors (Lipinski definition) is 1. The molecule has 0 saturated carbocycles. The molecular weight excluding hydrogens is 504 g/mol. The number of aryl methyl sites for hydroxylation is 1. The molecule has 0 unspecified atom stereocenters. The van der Waals surface area contributed by atoms with Crippen molar-refractivity contribution in [3.8, 4) is 5.75 Å². The Balaban J connectivity index is 1.59. The molecule has 3 aromatic rings. The zero-order chi connectivity index (χ0) is 23.6. The van der Waals surface area contributed by atoms with Crippen molar-refractivity contribution in [1.82, 2.24) is 4.31 Å². The zero-order valence-electron chi connectivity index (χ0n) is 18.7. The number of rotatable bonds is 6. The smallest absolute Gasteiger partial charge is 0.243 e. The second kappa shape index (κ2) is 9.83. The molecule has 1 fully saturated rings. The summed E-state index contributed by atoms with van der Waals surface area (Å²) in [6.07, 6.45) is 2.90. The molecule has 8 heteroatoms. The summed E-state index contributed by atoms with van der Waals surface area (Å²) in [7, 11) is -2.01. The number of amides is 1. The minimum Gasteiger partial charge on any atom is -0.496 e. The zero-order valence-corrected chi connectivity index (χ0v) is 21.1. The minimum atomic E-state index is -3.60. The highest BCUT2D eigenvalue weighted by Crippen LogP contribution is 2.31. The van der Waals surface area contributed by atoms with Crippen LogP contribution in [-0.4, -0.2) is 38.8 Å². The molecule has 0 atom stereocenters. The summed E-state index contributed by atoms with van der Waals surface area (Å²) in [6, 6.07) is 14.7. The Hall–Kier alpha value is -2.42. The van der Waals surface area contributed by atoms with E-state index in [2.05, 4.69) is 21.2 Å². The highest BCUT2D eigenvalue weighted by molar-refractivity contribution is 9.10. The topological polar surface area (TPSA) is 75.7 Å². The van der Waals surface area contributed by atoms with Gasteiger partial charge in [-0.3, -0.25) is 4.79 Å². The lowest BCUT2D eigenvalue weighted by Crippen LogP contribution is -2.36. The molecule has 0 aliphatic carbocycles. The molecule has 33 heavy (non-hydrogen) atoms. The molecule has 4 rings (SSSR count). The van der Waals surface area contributed by atoms with Crippen molar-refractivity contribution in [3.05, 3.63) is 64.1 Å². The van der Waals surface area contributed by atoms with Crippen molar-refractivity contribution in [3.63, 3.8) is 0 Å². The third kappa shape index (κ3) is 5.08. The van der Waals surface area contributed by atoms with E-state index in [-0.39, 0.29) is 17.2 Å². The summed E-state index contributed by atoms with van der Waals surface area (Å²) in [6.45, 7) is 2.85. The van der Waals surface area contributed by atoms with Gasteiger partial charge in [0.2, 0.25) is 15.9 Å². The van der Waals surface area contributed by atoms with E-state index < -0.39 is 10.0 Å². The van der Waals surface area contributed by atoms with Gasteiger partial charge in [-0.05, 0) is 66.4 Å². The van der Waals surface area contributed by atoms with Crippen molar-refractivity contribution in [1.29, 1.82) is 0 Å². The van der Waals surface area contributed by atoms with Crippen LogP contribution in [0.1, 0.15) is 30.4 Å². The average Bonchev–Trinajstić information content (AvgIpc) is 2.80. The Labute approximate surface area is 203 Å². The molecule has 1 amide bonds. The van der Waals surface area contributed by atoms with E-state index in [1.54, 1.807) is 36.5 Å². The predicted octanol–water partition coefficient (Wildman–Crippen LogP) is 5.28. The number of sulfonamides is 1. The molecule has 6 nitrogen and oxygen atoms in total. The van der Waals surface area contributed by atoms with Crippen LogP contribution < -0.4 is 10.1 Å². The Morgan fingerprint density at radius 1 is 1.06 bits per heavy atom. The third-order valence-electron chi connectivity index (χ3n) is 6.01. The molecule has 1 heterocycles. The van der Waals surface area contributed by atoms with Gasteiger partial charge in [-0.25, -0.2) is 8.42 Å². The largest absolute Gasteiger partial charge is 0.496 e. The number of benzene rings is 3. The number of halogens is 1. The van der Waals surface area contributed by atoms with Crippen LogP contribution in [0, 0.1) is 6.92 Å². The maximum absolute atomic E-state index is 13.2. The lowest BCUT2D eigenvalue weighted by molar-refractivity contribution is -0.115. The molecule has 1 aliphatic rings. The van der Waals surface area contributed by atoms with E-state index in [4.69, 9.17) is 4.74 Å². The van der Waals surface area contributed by atoms with E-state index in [0.29, 0.717) is 30.1 Å². The fraction of sp³-hybridized carbons (Fsp3) is 0.320. The number of anilines is 1. The second-order valence-electron chi connectivity index (χ2n) is 8.28. The van der Waals surface area contributed by atoms with Crippen LogP contribution in [0.2, 0.25) is 0 Å². The first-order valence-electron chi connectivity index (χ1n) is 11.0. The van der Waals surface area contributed by atoms with Crippen LogP contribution in [0.5, 0.6) is 5.75 Å². The summed E-state index contributed by atoms with van der Waals surface area (Å²) in [5.74, 6) is 0.395. The van der Waals surface area contributed by atoms with Gasteiger partial charge >= 0.3 is 0 Å². The fourth-order valence-corrected chi connectivity index (χ4v) is 6.43. The molecule has 3 aromatic carbocycles. The second-order valence-corrected chi connectivity index (χ2v) is 11.1. The molecule has 1 saturated heterocycles. The number of ether oxygens (including phenoxy) is 1. The lowest BCUT2D eigenvalue weighted by atomic mass is 10.0. The van der Waals surface area contributed by atoms with Crippen molar-refractivity contribution in [2.45, 2.75) is 37.5 Å². The summed E-state index contributed by atoms with van der Waals surface area (Å²) in [4.78, 5) is 13.2. The van der Waals surface area contributed by atoms with Crippen molar-refractivity contribution < 1.29 is 17.9 Å². The van der Waals surface area contributed by atoms with E-state index in [9.17, 15) is 13.2 Å². The van der Waals surface area contributed by atoms with E-state index in [1.165, 1.54) is 0 Å². The van der Waals surface area contributed by atoms with Gasteiger partial charge < -0.3 is 10.1 Å². The normalized spacial score (nSPS) is 14.9. The predicted molar refractivity (Wildman–Crippen MR) is 134 cm³/mol. The van der Waals surface area contributed by atoms with Gasteiger partial charge in [0, 0.05) is 28.8 Å². The van der Waals surface area contributed by atoms with E-state index >= 15 is 0 Å². The number of methoxy groups -OCH3 is 1. The van der Waals surface area contributed by atoms with Gasteiger partial charge in [-0.2, -0.15) is 4.31 Å². The van der Waals surface area contributed by atoms with Crippen molar-refractivity contribution in [2.75, 3.05) is 25.5 Å². The first-order valence-corrected chi connectivity index (χ1v) is 13.2. The minimum absolute atomic E-state index is 0.101. The first kappa shape index (κ1) is 23.7. The maximum atomic E-state index is 13.2. The molecule has 1 aliphatic heterocycles. The van der Waals surface area contributed by atoms with Gasteiger partial charge in [0.1, 0.15) is 5.75 Å². The quantitative estimate of drug-likeness (QED) is 0.470. The monoisotopic (exact) mass is 530 g/mol. The Kier molecular flexibility index (Phi) is 7.07. The highest BCUT2D eigenvalue weighted by Gasteiger charge is 2.27. The van der Waals surface area contributed by atoms with Crippen LogP contribution in [0.4, 0.5) is 5.69 Å². The van der Waals surface area contributed by atoms with Gasteiger partial charge in [0.15, 0.2) is 0 Å². The van der Waals surface area contributed by atoms with Crippen molar-refractivity contribution in [2.24, 2.45) is 0 Å². The van der Waals surface area contributed by atoms with Crippen LogP contribution in [-0.2, 0) is 21.2 Å². The SMILES string of the molecule is COc1ccc2cc(Br)ccc2c1CC(=O)Nc1ccc(C)c(S(=O)(=O)N2CCCCC2)c1. The number of carbonyl (C=O) groups is 1. The van der Waals surface area contributed by atoms with Crippen LogP contribution in [0.25, 0.3) is 10.8 Å². The first-order chi connectivity index (χ1) is 15.8. The summed E-state index contributed by atoms with van der Waals surface area (Å²) >= 11 is 3.48. The number of nitrogens with zero attached hydrogens (tertiary/aromatic N) is 1. The van der Waals surface area contributed by atoms with Crippen LogP contribution in [0.3, 0.4) is 0 Å². The standard InChI is InChI=1S/C25H27BrN2O4S/c1-17-6-9-20(15-24(17)33(30,31)28-12-4-3-5-13-28)27-25(29)16-22-21-10-8-19(26)14-18(21)7-11-23(22)32-2/h6-11,14-15H,3-5,12-13,16H2,1-2H3,(H,27,29). The third-order valence-corrected chi connectivity index (χ3v) is 8.55. The summed E-state index contributed by atoms with van der Waals surface area (Å²) < 4.78 is 34.4. The Morgan fingerprint density at radius 3 is 2.55 bits per heavy atom. The molecule has 0 aromatic heterocycles. The number of nitrogens with one attached hydrogen (secondary N) is 1. The van der Waals surface area contributed by atoms with E-state index in [1.807, 2.05) is 30.3 Å². The van der Waals surface area contributed by atoms with Gasteiger partial charge in [0.25, 0.3) is 0 Å². The Morgan fingerprint density at radius 2 is 1.82 bits per heavy atom. The molecule has 174 valence electrons. The number of piperidine rings is 1.